The van der Waals surface area contributed by atoms with Crippen molar-refractivity contribution in [3.63, 3.8) is 0 Å². The van der Waals surface area contributed by atoms with E-state index in [9.17, 15) is 0 Å². The van der Waals surface area contributed by atoms with Gasteiger partial charge in [0.25, 0.3) is 0 Å². The summed E-state index contributed by atoms with van der Waals surface area (Å²) in [6.45, 7) is 0. The van der Waals surface area contributed by atoms with Crippen molar-refractivity contribution < 1.29 is 4.42 Å². The average Bonchev–Trinajstić information content (AvgIpc) is 3.61. The van der Waals surface area contributed by atoms with Crippen LogP contribution in [0.25, 0.3) is 89.5 Å². The number of hydrogen-bond donors (Lipinski definition) is 0. The topological polar surface area (TPSA) is 51.8 Å². The van der Waals surface area contributed by atoms with Crippen molar-refractivity contribution in [2.24, 2.45) is 0 Å². The predicted molar refractivity (Wildman–Crippen MR) is 223 cm³/mol. The van der Waals surface area contributed by atoms with Crippen LogP contribution in [0.4, 0.5) is 0 Å². The van der Waals surface area contributed by atoms with Crippen molar-refractivity contribution in [3.05, 3.63) is 170 Å². The Bertz CT molecular complexity index is 2730. The van der Waals surface area contributed by atoms with Crippen molar-refractivity contribution >= 4 is 39.6 Å². The molecule has 0 saturated heterocycles. The van der Waals surface area contributed by atoms with Crippen LogP contribution in [-0.4, -0.2) is 28.2 Å². The first-order valence-electron chi connectivity index (χ1n) is 18.0. The minimum absolute atomic E-state index is 0.607. The molecule has 9 rings (SSSR count). The van der Waals surface area contributed by atoms with Crippen LogP contribution in [0.5, 0.6) is 0 Å². The quantitative estimate of drug-likeness (QED) is 0.153. The SMILES string of the molecule is [CH3][Ge]([CH3])([CH3])[c]1cc(-c2cccc3c2oc2cccc(-c4nc(-c5ccccc5)nc(-c5ccc(-c6ccccc6)cc5)n4)c23)ccc1-c1ccccc1. The molecule has 0 aliphatic rings. The summed E-state index contributed by atoms with van der Waals surface area (Å²) < 4.78 is 8.25. The molecule has 254 valence electrons. The summed E-state index contributed by atoms with van der Waals surface area (Å²) in [5.74, 6) is 9.24. The molecule has 53 heavy (non-hydrogen) atoms. The molecule has 4 nitrogen and oxygen atoms in total. The Balaban J connectivity index is 1.20. The molecule has 9 aromatic rings. The summed E-state index contributed by atoms with van der Waals surface area (Å²) in [6.07, 6.45) is 0. The summed E-state index contributed by atoms with van der Waals surface area (Å²) in [5, 5.41) is 2.03. The third-order valence-electron chi connectivity index (χ3n) is 9.90. The summed E-state index contributed by atoms with van der Waals surface area (Å²) in [4.78, 5) is 15.2. The molecule has 0 saturated carbocycles. The molecule has 0 spiro atoms. The van der Waals surface area contributed by atoms with Gasteiger partial charge in [0.15, 0.2) is 0 Å². The minimum atomic E-state index is -2.30. The maximum absolute atomic E-state index is 6.77. The van der Waals surface area contributed by atoms with Crippen LogP contribution in [-0.2, 0) is 0 Å². The van der Waals surface area contributed by atoms with E-state index < -0.39 is 13.3 Å². The van der Waals surface area contributed by atoms with Crippen molar-refractivity contribution in [2.75, 3.05) is 0 Å². The average molecular weight is 744 g/mol. The third kappa shape index (κ3) is 6.25. The van der Waals surface area contributed by atoms with Gasteiger partial charge in [0, 0.05) is 0 Å². The van der Waals surface area contributed by atoms with Gasteiger partial charge in [0.2, 0.25) is 0 Å². The van der Waals surface area contributed by atoms with Gasteiger partial charge in [-0.1, -0.05) is 84.9 Å². The van der Waals surface area contributed by atoms with Gasteiger partial charge < -0.3 is 0 Å². The predicted octanol–water partition coefficient (Wildman–Crippen LogP) is 12.3. The van der Waals surface area contributed by atoms with Crippen LogP contribution in [0.2, 0.25) is 17.3 Å². The van der Waals surface area contributed by atoms with Gasteiger partial charge in [-0.3, -0.25) is 0 Å². The summed E-state index contributed by atoms with van der Waals surface area (Å²) >= 11 is -2.30. The summed E-state index contributed by atoms with van der Waals surface area (Å²) in [6, 6.07) is 59.3. The molecule has 0 aliphatic heterocycles. The monoisotopic (exact) mass is 745 g/mol. The standard InChI is InChI=1S/C48H37GeN3O/c1-49(2,3)42-31-37(29-30-38(42)34-17-9-5-10-18-34)39-21-13-22-40-44-41(23-14-24-43(44)53-45(39)40)48-51-46(35-19-11-6-12-20-35)50-47(52-48)36-27-25-33(26-28-36)32-15-7-4-8-16-32/h4-31H,1-3H3. The summed E-state index contributed by atoms with van der Waals surface area (Å²) in [7, 11) is 0. The summed E-state index contributed by atoms with van der Waals surface area (Å²) in [5.41, 5.74) is 11.6. The van der Waals surface area contributed by atoms with E-state index in [0.29, 0.717) is 17.5 Å². The first-order valence-corrected chi connectivity index (χ1v) is 25.4. The van der Waals surface area contributed by atoms with Crippen LogP contribution in [0.3, 0.4) is 0 Å². The van der Waals surface area contributed by atoms with Crippen molar-refractivity contribution in [1.82, 2.24) is 15.0 Å². The molecular weight excluding hydrogens is 707 g/mol. The second-order valence-corrected chi connectivity index (χ2v) is 25.0. The van der Waals surface area contributed by atoms with E-state index in [1.165, 1.54) is 26.6 Å². The Morgan fingerprint density at radius 1 is 0.396 bits per heavy atom. The Morgan fingerprint density at radius 3 is 1.57 bits per heavy atom. The number of nitrogens with zero attached hydrogens (tertiary/aromatic N) is 3. The molecule has 5 heteroatoms. The fraction of sp³-hybridized carbons (Fsp3) is 0.0625. The Labute approximate surface area is 312 Å². The fourth-order valence-corrected chi connectivity index (χ4v) is 10.7. The number of aromatic nitrogens is 3. The van der Waals surface area contributed by atoms with E-state index >= 15 is 0 Å². The van der Waals surface area contributed by atoms with Gasteiger partial charge in [-0.05, 0) is 11.1 Å². The molecule has 0 radical (unpaired) electrons. The van der Waals surface area contributed by atoms with Gasteiger partial charge in [-0.15, -0.1) is 0 Å². The van der Waals surface area contributed by atoms with Crippen LogP contribution in [0, 0.1) is 0 Å². The molecule has 2 heterocycles. The van der Waals surface area contributed by atoms with E-state index in [1.807, 2.05) is 48.5 Å². The number of furan rings is 1. The molecule has 0 unspecified atom stereocenters. The van der Waals surface area contributed by atoms with Crippen LogP contribution in [0.15, 0.2) is 174 Å². The second-order valence-electron chi connectivity index (χ2n) is 14.5. The third-order valence-corrected chi connectivity index (χ3v) is 14.2. The van der Waals surface area contributed by atoms with Gasteiger partial charge in [-0.25, -0.2) is 0 Å². The van der Waals surface area contributed by atoms with Crippen molar-refractivity contribution in [2.45, 2.75) is 17.3 Å². The van der Waals surface area contributed by atoms with E-state index in [0.717, 1.165) is 49.8 Å². The van der Waals surface area contributed by atoms with E-state index in [-0.39, 0.29) is 0 Å². The number of benzene rings is 7. The molecule has 0 aliphatic carbocycles. The Hall–Kier alpha value is -6.11. The molecule has 7 aromatic carbocycles. The zero-order chi connectivity index (χ0) is 35.9. The molecule has 0 atom stereocenters. The molecule has 0 bridgehead atoms. The molecule has 2 aromatic heterocycles. The number of para-hydroxylation sites is 1. The van der Waals surface area contributed by atoms with Gasteiger partial charge in [-0.2, -0.15) is 0 Å². The Morgan fingerprint density at radius 2 is 0.906 bits per heavy atom. The first-order chi connectivity index (χ1) is 25.9. The zero-order valence-corrected chi connectivity index (χ0v) is 32.0. The maximum atomic E-state index is 6.77. The van der Waals surface area contributed by atoms with Gasteiger partial charge in [0.05, 0.1) is 0 Å². The van der Waals surface area contributed by atoms with E-state index in [1.54, 1.807) is 0 Å². The fourth-order valence-electron chi connectivity index (χ4n) is 7.25. The molecule has 0 fully saturated rings. The van der Waals surface area contributed by atoms with E-state index in [2.05, 4.69) is 139 Å². The van der Waals surface area contributed by atoms with Gasteiger partial charge >= 0.3 is 218 Å². The zero-order valence-electron chi connectivity index (χ0n) is 29.9. The molecule has 0 amide bonds. The second kappa shape index (κ2) is 13.5. The van der Waals surface area contributed by atoms with Gasteiger partial charge in [0.1, 0.15) is 0 Å². The number of rotatable bonds is 7. The van der Waals surface area contributed by atoms with Crippen LogP contribution < -0.4 is 4.40 Å². The molecule has 0 N–H and O–H groups in total. The molecular formula is C48H37GeN3O. The number of fused-ring (bicyclic) bond motifs is 3. The van der Waals surface area contributed by atoms with Crippen LogP contribution in [0.1, 0.15) is 0 Å². The Kier molecular flexibility index (Phi) is 8.32. The number of hydrogen-bond acceptors (Lipinski definition) is 4. The van der Waals surface area contributed by atoms with Crippen molar-refractivity contribution in [3.8, 4) is 67.5 Å². The first kappa shape index (κ1) is 32.8. The van der Waals surface area contributed by atoms with Crippen LogP contribution >= 0.6 is 0 Å². The van der Waals surface area contributed by atoms with Crippen molar-refractivity contribution in [1.29, 1.82) is 0 Å². The normalized spacial score (nSPS) is 11.7. The van der Waals surface area contributed by atoms with E-state index in [4.69, 9.17) is 19.4 Å².